The van der Waals surface area contributed by atoms with Crippen LogP contribution >= 0.6 is 22.9 Å². The highest BCUT2D eigenvalue weighted by molar-refractivity contribution is 7.95. The van der Waals surface area contributed by atoms with Crippen molar-refractivity contribution in [3.63, 3.8) is 0 Å². The summed E-state index contributed by atoms with van der Waals surface area (Å²) in [5.41, 5.74) is 0. The maximum atomic E-state index is 12.4. The third-order valence-electron chi connectivity index (χ3n) is 2.56. The molecular formula is C14H10ClNO2S2. The Hall–Kier alpha value is -1.61. The molecule has 0 amide bonds. The van der Waals surface area contributed by atoms with Crippen molar-refractivity contribution >= 4 is 38.9 Å². The Morgan fingerprint density at radius 1 is 1.25 bits per heavy atom. The first-order valence-corrected chi connectivity index (χ1v) is 8.30. The van der Waals surface area contributed by atoms with Crippen molar-refractivity contribution in [2.75, 3.05) is 0 Å². The second-order valence-corrected chi connectivity index (χ2v) is 7.70. The van der Waals surface area contributed by atoms with Crippen molar-refractivity contribution < 1.29 is 8.42 Å². The van der Waals surface area contributed by atoms with E-state index in [1.165, 1.54) is 41.7 Å². The lowest BCUT2D eigenvalue weighted by molar-refractivity contribution is 0.603. The van der Waals surface area contributed by atoms with Crippen molar-refractivity contribution in [3.05, 3.63) is 56.1 Å². The fraction of sp³-hybridized carbons (Fsp3) is 0.0714. The lowest BCUT2D eigenvalue weighted by Gasteiger charge is -2.02. The predicted octanol–water partition coefficient (Wildman–Crippen LogP) is 4.05. The standard InChI is InChI=1S/C14H10ClNO2S2/c1-10-2-5-12(19-10)8-14(9-16)20(17,18)13-6-3-11(15)4-7-13/h2-8H,1H3. The van der Waals surface area contributed by atoms with E-state index >= 15 is 0 Å². The topological polar surface area (TPSA) is 57.9 Å². The van der Waals surface area contributed by atoms with E-state index in [2.05, 4.69) is 0 Å². The van der Waals surface area contributed by atoms with Crippen LogP contribution < -0.4 is 0 Å². The molecule has 0 fully saturated rings. The van der Waals surface area contributed by atoms with Gasteiger partial charge < -0.3 is 0 Å². The molecule has 0 N–H and O–H groups in total. The number of nitrogens with zero attached hydrogens (tertiary/aromatic N) is 1. The number of aryl methyl sites for hydroxylation is 1. The van der Waals surface area contributed by atoms with Crippen LogP contribution in [0.15, 0.2) is 46.2 Å². The number of hydrogen-bond donors (Lipinski definition) is 0. The van der Waals surface area contributed by atoms with Gasteiger partial charge in [0.25, 0.3) is 0 Å². The fourth-order valence-electron chi connectivity index (χ4n) is 1.57. The molecule has 0 radical (unpaired) electrons. The van der Waals surface area contributed by atoms with Gasteiger partial charge in [0.2, 0.25) is 9.84 Å². The molecule has 3 nitrogen and oxygen atoms in total. The summed E-state index contributed by atoms with van der Waals surface area (Å²) in [6, 6.07) is 11.2. The molecule has 0 atom stereocenters. The van der Waals surface area contributed by atoms with E-state index < -0.39 is 9.84 Å². The van der Waals surface area contributed by atoms with Gasteiger partial charge in [-0.05, 0) is 49.4 Å². The summed E-state index contributed by atoms with van der Waals surface area (Å²) in [6.45, 7) is 1.92. The Labute approximate surface area is 126 Å². The van der Waals surface area contributed by atoms with Gasteiger partial charge in [-0.1, -0.05) is 11.6 Å². The van der Waals surface area contributed by atoms with E-state index in [1.54, 1.807) is 12.1 Å². The van der Waals surface area contributed by atoms with E-state index in [9.17, 15) is 8.42 Å². The van der Waals surface area contributed by atoms with Crippen molar-refractivity contribution in [1.82, 2.24) is 0 Å². The molecule has 102 valence electrons. The predicted molar refractivity (Wildman–Crippen MR) is 81.3 cm³/mol. The summed E-state index contributed by atoms with van der Waals surface area (Å²) in [5.74, 6) is 0. The van der Waals surface area contributed by atoms with Crippen LogP contribution in [-0.4, -0.2) is 8.42 Å². The summed E-state index contributed by atoms with van der Waals surface area (Å²) >= 11 is 7.17. The van der Waals surface area contributed by atoms with Crippen LogP contribution in [0, 0.1) is 18.3 Å². The highest BCUT2D eigenvalue weighted by atomic mass is 35.5. The van der Waals surface area contributed by atoms with E-state index in [-0.39, 0.29) is 9.80 Å². The molecule has 0 unspecified atom stereocenters. The number of sulfone groups is 1. The molecule has 20 heavy (non-hydrogen) atoms. The normalized spacial score (nSPS) is 12.2. The maximum Gasteiger partial charge on any atom is 0.216 e. The molecule has 0 bridgehead atoms. The summed E-state index contributed by atoms with van der Waals surface area (Å²) in [6.07, 6.45) is 1.39. The lowest BCUT2D eigenvalue weighted by Crippen LogP contribution is -2.03. The Morgan fingerprint density at radius 3 is 2.40 bits per heavy atom. The minimum absolute atomic E-state index is 0.0583. The quantitative estimate of drug-likeness (QED) is 0.801. The van der Waals surface area contributed by atoms with E-state index in [1.807, 2.05) is 13.0 Å². The first-order valence-electron chi connectivity index (χ1n) is 5.62. The van der Waals surface area contributed by atoms with Crippen molar-refractivity contribution in [2.45, 2.75) is 11.8 Å². The third-order valence-corrected chi connectivity index (χ3v) is 5.44. The molecule has 6 heteroatoms. The van der Waals surface area contributed by atoms with Gasteiger partial charge in [0.05, 0.1) is 4.90 Å². The van der Waals surface area contributed by atoms with Gasteiger partial charge in [0.1, 0.15) is 6.07 Å². The van der Waals surface area contributed by atoms with Gasteiger partial charge >= 0.3 is 0 Å². The molecule has 2 aromatic rings. The van der Waals surface area contributed by atoms with E-state index in [0.29, 0.717) is 5.02 Å². The van der Waals surface area contributed by atoms with E-state index in [4.69, 9.17) is 16.9 Å². The second-order valence-electron chi connectivity index (χ2n) is 4.03. The maximum absolute atomic E-state index is 12.4. The average Bonchev–Trinajstić information content (AvgIpc) is 2.82. The molecule has 0 saturated carbocycles. The lowest BCUT2D eigenvalue weighted by atomic mass is 10.4. The summed E-state index contributed by atoms with van der Waals surface area (Å²) in [5, 5.41) is 9.57. The van der Waals surface area contributed by atoms with Gasteiger partial charge in [-0.15, -0.1) is 11.3 Å². The molecule has 0 saturated heterocycles. The second kappa shape index (κ2) is 5.80. The van der Waals surface area contributed by atoms with Gasteiger partial charge in [0.15, 0.2) is 4.91 Å². The van der Waals surface area contributed by atoms with Crippen molar-refractivity contribution in [2.24, 2.45) is 0 Å². The zero-order valence-electron chi connectivity index (χ0n) is 10.5. The zero-order chi connectivity index (χ0) is 14.8. The first kappa shape index (κ1) is 14.8. The smallest absolute Gasteiger partial charge is 0.216 e. The number of thiophene rings is 1. The number of hydrogen-bond acceptors (Lipinski definition) is 4. The summed E-state index contributed by atoms with van der Waals surface area (Å²) < 4.78 is 24.7. The molecule has 0 aliphatic heterocycles. The zero-order valence-corrected chi connectivity index (χ0v) is 12.9. The van der Waals surface area contributed by atoms with Crippen LogP contribution in [0.5, 0.6) is 0 Å². The van der Waals surface area contributed by atoms with Gasteiger partial charge in [-0.2, -0.15) is 5.26 Å². The minimum atomic E-state index is -3.81. The number of nitriles is 1. The first-order chi connectivity index (χ1) is 9.43. The fourth-order valence-corrected chi connectivity index (χ4v) is 3.74. The van der Waals surface area contributed by atoms with Crippen LogP contribution in [0.3, 0.4) is 0 Å². The SMILES string of the molecule is Cc1ccc(C=C(C#N)S(=O)(=O)c2ccc(Cl)cc2)s1. The van der Waals surface area contributed by atoms with Gasteiger partial charge in [-0.25, -0.2) is 8.42 Å². The average molecular weight is 324 g/mol. The summed E-state index contributed by atoms with van der Waals surface area (Å²) in [4.78, 5) is 1.57. The highest BCUT2D eigenvalue weighted by Gasteiger charge is 2.20. The van der Waals surface area contributed by atoms with Crippen molar-refractivity contribution in [1.29, 1.82) is 5.26 Å². The molecule has 1 aromatic carbocycles. The Kier molecular flexibility index (Phi) is 4.29. The molecule has 2 rings (SSSR count). The monoisotopic (exact) mass is 323 g/mol. The largest absolute Gasteiger partial charge is 0.218 e. The highest BCUT2D eigenvalue weighted by Crippen LogP contribution is 2.25. The number of halogens is 1. The molecule has 0 aliphatic rings. The Balaban J connectivity index is 2.48. The number of rotatable bonds is 3. The van der Waals surface area contributed by atoms with Crippen LogP contribution in [0.2, 0.25) is 5.02 Å². The van der Waals surface area contributed by atoms with Crippen LogP contribution in [0.4, 0.5) is 0 Å². The molecule has 0 spiro atoms. The van der Waals surface area contributed by atoms with Crippen LogP contribution in [-0.2, 0) is 9.84 Å². The van der Waals surface area contributed by atoms with Crippen LogP contribution in [0.25, 0.3) is 6.08 Å². The van der Waals surface area contributed by atoms with E-state index in [0.717, 1.165) is 9.75 Å². The summed E-state index contributed by atoms with van der Waals surface area (Å²) in [7, 11) is -3.81. The third kappa shape index (κ3) is 3.10. The molecule has 0 aliphatic carbocycles. The van der Waals surface area contributed by atoms with Gasteiger partial charge in [-0.3, -0.25) is 0 Å². The number of allylic oxidation sites excluding steroid dienone is 1. The Bertz CT molecular complexity index is 796. The van der Waals surface area contributed by atoms with Crippen molar-refractivity contribution in [3.8, 4) is 6.07 Å². The number of benzene rings is 1. The van der Waals surface area contributed by atoms with Crippen LogP contribution in [0.1, 0.15) is 9.75 Å². The van der Waals surface area contributed by atoms with Gasteiger partial charge in [0, 0.05) is 14.8 Å². The molecular weight excluding hydrogens is 314 g/mol. The minimum Gasteiger partial charge on any atom is -0.218 e. The molecule has 1 aromatic heterocycles. The molecule has 1 heterocycles. The Morgan fingerprint density at radius 2 is 1.90 bits per heavy atom.